The Morgan fingerprint density at radius 3 is 3.12 bits per heavy atom. The molecule has 2 aliphatic rings. The van der Waals surface area contributed by atoms with Gasteiger partial charge in [0.2, 0.25) is 0 Å². The van der Waals surface area contributed by atoms with Crippen molar-refractivity contribution < 1.29 is 0 Å². The Morgan fingerprint density at radius 1 is 1.53 bits per heavy atom. The van der Waals surface area contributed by atoms with Crippen molar-refractivity contribution in [1.82, 2.24) is 15.2 Å². The van der Waals surface area contributed by atoms with Crippen molar-refractivity contribution in [3.05, 3.63) is 16.1 Å². The largest absolute Gasteiger partial charge is 0.316 e. The molecule has 3 heterocycles. The van der Waals surface area contributed by atoms with Crippen molar-refractivity contribution in [2.24, 2.45) is 11.8 Å². The number of nitrogens with one attached hydrogen (secondary N) is 1. The van der Waals surface area contributed by atoms with Crippen LogP contribution in [0.5, 0.6) is 0 Å². The number of fused-ring (bicyclic) bond motifs is 1. The molecule has 3 unspecified atom stereocenters. The number of likely N-dealkylation sites (tertiary alicyclic amines) is 1. The normalized spacial score (nSPS) is 33.2. The van der Waals surface area contributed by atoms with Gasteiger partial charge in [0.1, 0.15) is 0 Å². The molecule has 2 fully saturated rings. The molecule has 1 aromatic rings. The van der Waals surface area contributed by atoms with Crippen LogP contribution < -0.4 is 5.32 Å². The molecule has 4 heteroatoms. The summed E-state index contributed by atoms with van der Waals surface area (Å²) in [5.74, 6) is 1.75. The summed E-state index contributed by atoms with van der Waals surface area (Å²) in [5, 5.41) is 6.94. The molecule has 1 aromatic heterocycles. The van der Waals surface area contributed by atoms with Crippen LogP contribution in [0.4, 0.5) is 0 Å². The molecular formula is C13H21N3S. The van der Waals surface area contributed by atoms with Crippen molar-refractivity contribution in [1.29, 1.82) is 0 Å². The second-order valence-electron chi connectivity index (χ2n) is 5.35. The smallest absolute Gasteiger partial charge is 0.0897 e. The van der Waals surface area contributed by atoms with E-state index in [1.165, 1.54) is 36.8 Å². The van der Waals surface area contributed by atoms with Crippen LogP contribution in [0.3, 0.4) is 0 Å². The summed E-state index contributed by atoms with van der Waals surface area (Å²) < 4.78 is 0. The first-order valence-electron chi connectivity index (χ1n) is 6.63. The van der Waals surface area contributed by atoms with Gasteiger partial charge in [-0.2, -0.15) is 0 Å². The molecule has 2 aliphatic heterocycles. The molecule has 3 nitrogen and oxygen atoms in total. The maximum atomic E-state index is 4.60. The molecule has 0 amide bonds. The molecule has 3 atom stereocenters. The van der Waals surface area contributed by atoms with Gasteiger partial charge in [-0.15, -0.1) is 11.3 Å². The lowest BCUT2D eigenvalue weighted by molar-refractivity contribution is 0.208. The van der Waals surface area contributed by atoms with Gasteiger partial charge in [-0.05, 0) is 38.3 Å². The first-order valence-corrected chi connectivity index (χ1v) is 7.51. The first kappa shape index (κ1) is 11.6. The molecular weight excluding hydrogens is 230 g/mol. The van der Waals surface area contributed by atoms with E-state index in [-0.39, 0.29) is 0 Å². The van der Waals surface area contributed by atoms with E-state index >= 15 is 0 Å². The number of thiazole rings is 1. The molecule has 2 saturated heterocycles. The minimum atomic E-state index is 0.761. The Labute approximate surface area is 107 Å². The first-order chi connectivity index (χ1) is 8.28. The maximum Gasteiger partial charge on any atom is 0.0897 e. The highest BCUT2D eigenvalue weighted by molar-refractivity contribution is 7.09. The lowest BCUT2D eigenvalue weighted by Gasteiger charge is -2.25. The molecule has 0 saturated carbocycles. The predicted octanol–water partition coefficient (Wildman–Crippen LogP) is 1.88. The van der Waals surface area contributed by atoms with Crippen LogP contribution in [-0.2, 0) is 6.54 Å². The Kier molecular flexibility index (Phi) is 3.19. The van der Waals surface area contributed by atoms with Crippen LogP contribution in [0.25, 0.3) is 0 Å². The van der Waals surface area contributed by atoms with Gasteiger partial charge < -0.3 is 5.32 Å². The molecule has 94 valence electrons. The third-order valence-electron chi connectivity index (χ3n) is 4.27. The van der Waals surface area contributed by atoms with Gasteiger partial charge in [0.15, 0.2) is 0 Å². The van der Waals surface area contributed by atoms with Gasteiger partial charge in [-0.3, -0.25) is 4.90 Å². The van der Waals surface area contributed by atoms with E-state index in [9.17, 15) is 0 Å². The maximum absolute atomic E-state index is 4.60. The van der Waals surface area contributed by atoms with E-state index in [4.69, 9.17) is 0 Å². The Bertz CT molecular complexity index is 390. The predicted molar refractivity (Wildman–Crippen MR) is 71.2 cm³/mol. The zero-order valence-electron chi connectivity index (χ0n) is 10.6. The average molecular weight is 251 g/mol. The fourth-order valence-electron chi connectivity index (χ4n) is 3.54. The molecule has 0 aromatic carbocycles. The average Bonchev–Trinajstić information content (AvgIpc) is 2.95. The fraction of sp³-hybridized carbons (Fsp3) is 0.769. The van der Waals surface area contributed by atoms with Crippen molar-refractivity contribution in [3.8, 4) is 0 Å². The monoisotopic (exact) mass is 251 g/mol. The van der Waals surface area contributed by atoms with Gasteiger partial charge in [0.25, 0.3) is 0 Å². The van der Waals surface area contributed by atoms with Gasteiger partial charge in [-0.1, -0.05) is 6.92 Å². The van der Waals surface area contributed by atoms with Crippen LogP contribution in [0.2, 0.25) is 0 Å². The van der Waals surface area contributed by atoms with E-state index < -0.39 is 0 Å². The third kappa shape index (κ3) is 2.14. The molecule has 0 spiro atoms. The van der Waals surface area contributed by atoms with E-state index in [0.29, 0.717) is 0 Å². The highest BCUT2D eigenvalue weighted by Gasteiger charge is 2.42. The van der Waals surface area contributed by atoms with Gasteiger partial charge >= 0.3 is 0 Å². The quantitative estimate of drug-likeness (QED) is 0.889. The van der Waals surface area contributed by atoms with Crippen LogP contribution in [-0.4, -0.2) is 35.6 Å². The zero-order valence-corrected chi connectivity index (χ0v) is 11.5. The van der Waals surface area contributed by atoms with E-state index in [1.54, 1.807) is 11.3 Å². The summed E-state index contributed by atoms with van der Waals surface area (Å²) in [4.78, 5) is 7.26. The summed E-state index contributed by atoms with van der Waals surface area (Å²) in [7, 11) is 0. The molecule has 17 heavy (non-hydrogen) atoms. The van der Waals surface area contributed by atoms with Crippen molar-refractivity contribution >= 4 is 11.3 Å². The second-order valence-corrected chi connectivity index (χ2v) is 6.41. The van der Waals surface area contributed by atoms with Gasteiger partial charge in [0, 0.05) is 24.5 Å². The number of rotatable bonds is 3. The summed E-state index contributed by atoms with van der Waals surface area (Å²) >= 11 is 1.77. The molecule has 0 radical (unpaired) electrons. The number of hydrogen-bond acceptors (Lipinski definition) is 4. The van der Waals surface area contributed by atoms with Gasteiger partial charge in [0.05, 0.1) is 10.7 Å². The molecule has 0 bridgehead atoms. The van der Waals surface area contributed by atoms with Crippen molar-refractivity contribution in [2.45, 2.75) is 32.9 Å². The minimum absolute atomic E-state index is 0.761. The molecule has 1 N–H and O–H groups in total. The Morgan fingerprint density at radius 2 is 2.41 bits per heavy atom. The summed E-state index contributed by atoms with van der Waals surface area (Å²) in [6.45, 7) is 9.16. The fourth-order valence-corrected chi connectivity index (χ4v) is 4.15. The van der Waals surface area contributed by atoms with E-state index in [1.807, 2.05) is 0 Å². The lowest BCUT2D eigenvalue weighted by atomic mass is 9.93. The lowest BCUT2D eigenvalue weighted by Crippen LogP contribution is -2.34. The number of hydrogen-bond donors (Lipinski definition) is 1. The van der Waals surface area contributed by atoms with Crippen LogP contribution in [0.15, 0.2) is 5.38 Å². The SMILES string of the molecule is CCC1C2CNCC2CN1Cc1csc(C)n1. The van der Waals surface area contributed by atoms with E-state index in [2.05, 4.69) is 34.4 Å². The van der Waals surface area contributed by atoms with Crippen molar-refractivity contribution in [2.75, 3.05) is 19.6 Å². The summed E-state index contributed by atoms with van der Waals surface area (Å²) in [6.07, 6.45) is 1.27. The topological polar surface area (TPSA) is 28.2 Å². The summed E-state index contributed by atoms with van der Waals surface area (Å²) in [5.41, 5.74) is 1.26. The highest BCUT2D eigenvalue weighted by atomic mass is 32.1. The number of aryl methyl sites for hydroxylation is 1. The van der Waals surface area contributed by atoms with Gasteiger partial charge in [-0.25, -0.2) is 4.98 Å². The number of aromatic nitrogens is 1. The molecule has 3 rings (SSSR count). The number of nitrogens with zero attached hydrogens (tertiary/aromatic N) is 2. The van der Waals surface area contributed by atoms with Crippen LogP contribution in [0.1, 0.15) is 24.0 Å². The molecule has 0 aliphatic carbocycles. The summed E-state index contributed by atoms with van der Waals surface area (Å²) in [6, 6.07) is 0.761. The third-order valence-corrected chi connectivity index (χ3v) is 5.10. The Hall–Kier alpha value is -0.450. The zero-order chi connectivity index (χ0) is 11.8. The highest BCUT2D eigenvalue weighted by Crippen LogP contribution is 2.35. The standard InChI is InChI=1S/C13H21N3S/c1-3-13-12-5-14-4-10(12)6-16(13)7-11-8-17-9(2)15-11/h8,10,12-14H,3-7H2,1-2H3. The minimum Gasteiger partial charge on any atom is -0.316 e. The van der Waals surface area contributed by atoms with Crippen molar-refractivity contribution in [3.63, 3.8) is 0 Å². The van der Waals surface area contributed by atoms with Crippen LogP contribution >= 0.6 is 11.3 Å². The Balaban J connectivity index is 1.71. The van der Waals surface area contributed by atoms with E-state index in [0.717, 1.165) is 24.4 Å². The van der Waals surface area contributed by atoms with Crippen LogP contribution in [0, 0.1) is 18.8 Å². The second kappa shape index (κ2) is 4.67.